The molecule has 11 heavy (non-hydrogen) atoms. The minimum atomic E-state index is -1.33. The Kier molecular flexibility index (Phi) is 4.89. The van der Waals surface area contributed by atoms with Crippen LogP contribution in [0.15, 0.2) is 0 Å². The van der Waals surface area contributed by atoms with Crippen LogP contribution < -0.4 is 0 Å². The topological polar surface area (TPSA) is 17.1 Å². The summed E-state index contributed by atoms with van der Waals surface area (Å²) in [6.45, 7) is 6.54. The Morgan fingerprint density at radius 2 is 1.64 bits per heavy atom. The van der Waals surface area contributed by atoms with Gasteiger partial charge in [0, 0.05) is 0 Å². The van der Waals surface area contributed by atoms with Crippen molar-refractivity contribution in [1.29, 1.82) is 0 Å². The lowest BCUT2D eigenvalue weighted by Crippen LogP contribution is -2.29. The molecule has 0 aromatic heterocycles. The number of carbonyl (C=O) groups excluding carboxylic acids is 1. The van der Waals surface area contributed by atoms with E-state index in [1.54, 1.807) is 0 Å². The van der Waals surface area contributed by atoms with Gasteiger partial charge in [0.15, 0.2) is 6.29 Å². The van der Waals surface area contributed by atoms with Crippen LogP contribution >= 0.6 is 0 Å². The molecule has 0 amide bonds. The maximum absolute atomic E-state index is 10.0. The summed E-state index contributed by atoms with van der Waals surface area (Å²) in [6.07, 6.45) is 0.711. The lowest BCUT2D eigenvalue weighted by Gasteiger charge is -2.19. The normalized spacial score (nSPS) is 10.1. The molecule has 0 aliphatic heterocycles. The van der Waals surface area contributed by atoms with E-state index >= 15 is 0 Å². The Balaban J connectivity index is 4.40. The summed E-state index contributed by atoms with van der Waals surface area (Å²) in [5, 5.41) is 0. The third kappa shape index (κ3) is 2.90. The highest BCUT2D eigenvalue weighted by Gasteiger charge is 2.23. The molecule has 0 saturated carbocycles. The van der Waals surface area contributed by atoms with Gasteiger partial charge in [-0.3, -0.25) is 4.79 Å². The molecular weight excluding hydrogens is 152 g/mol. The van der Waals surface area contributed by atoms with E-state index in [2.05, 4.69) is 32.2 Å². The molecule has 0 saturated heterocycles. The molecule has 0 aromatic carbocycles. The van der Waals surface area contributed by atoms with Gasteiger partial charge in [0.1, 0.15) is 8.07 Å². The van der Waals surface area contributed by atoms with E-state index in [9.17, 15) is 4.79 Å². The first-order chi connectivity index (χ1) is 5.24. The second kappa shape index (κ2) is 5.14. The molecule has 0 fully saturated rings. The zero-order chi connectivity index (χ0) is 8.74. The summed E-state index contributed by atoms with van der Waals surface area (Å²) in [5.41, 5.74) is 3.15. The minimum Gasteiger partial charge on any atom is -0.289 e. The molecule has 0 radical (unpaired) electrons. The molecule has 0 aromatic rings. The highest BCUT2D eigenvalue weighted by atomic mass is 28.3. The van der Waals surface area contributed by atoms with E-state index < -0.39 is 8.07 Å². The second-order valence-electron chi connectivity index (χ2n) is 2.73. The zero-order valence-electron chi connectivity index (χ0n) is 7.61. The first-order valence-electron chi connectivity index (χ1n) is 4.21. The maximum Gasteiger partial charge on any atom is 0.192 e. The van der Waals surface area contributed by atoms with E-state index in [1.165, 1.54) is 18.1 Å². The van der Waals surface area contributed by atoms with Crippen molar-refractivity contribution in [3.8, 4) is 11.5 Å². The summed E-state index contributed by atoms with van der Waals surface area (Å²) in [6, 6.07) is 3.50. The number of aldehydes is 1. The Hall–Kier alpha value is -0.553. The summed E-state index contributed by atoms with van der Waals surface area (Å²) in [4.78, 5) is 10.0. The first-order valence-corrected chi connectivity index (χ1v) is 6.83. The second-order valence-corrected chi connectivity index (χ2v) is 7.66. The molecule has 0 unspecified atom stereocenters. The van der Waals surface area contributed by atoms with Gasteiger partial charge in [-0.25, -0.2) is 0 Å². The van der Waals surface area contributed by atoms with Crippen LogP contribution in [0.25, 0.3) is 0 Å². The number of carbonyl (C=O) groups is 1. The van der Waals surface area contributed by atoms with Gasteiger partial charge in [-0.15, -0.1) is 5.54 Å². The van der Waals surface area contributed by atoms with Crippen molar-refractivity contribution in [3.63, 3.8) is 0 Å². The fourth-order valence-corrected chi connectivity index (χ4v) is 3.59. The van der Waals surface area contributed by atoms with Crippen molar-refractivity contribution in [1.82, 2.24) is 0 Å². The van der Waals surface area contributed by atoms with Gasteiger partial charge in [-0.1, -0.05) is 20.8 Å². The lowest BCUT2D eigenvalue weighted by atomic mass is 10.8. The molecule has 2 heteroatoms. The van der Waals surface area contributed by atoms with Crippen molar-refractivity contribution in [3.05, 3.63) is 0 Å². The van der Waals surface area contributed by atoms with Crippen LogP contribution in [0.4, 0.5) is 0 Å². The average molecular weight is 168 g/mol. The van der Waals surface area contributed by atoms with Crippen molar-refractivity contribution in [2.45, 2.75) is 38.9 Å². The van der Waals surface area contributed by atoms with Gasteiger partial charge in [0.25, 0.3) is 0 Å². The summed E-state index contributed by atoms with van der Waals surface area (Å²) < 4.78 is 0. The SMILES string of the molecule is CC[Si](C#CC=O)(CC)CC. The summed E-state index contributed by atoms with van der Waals surface area (Å²) in [7, 11) is -1.33. The lowest BCUT2D eigenvalue weighted by molar-refractivity contribution is -0.103. The predicted octanol–water partition coefficient (Wildman–Crippen LogP) is 2.24. The van der Waals surface area contributed by atoms with E-state index in [0.717, 1.165) is 0 Å². The monoisotopic (exact) mass is 168 g/mol. The van der Waals surface area contributed by atoms with E-state index in [4.69, 9.17) is 0 Å². The van der Waals surface area contributed by atoms with Crippen LogP contribution in [-0.2, 0) is 4.79 Å². The van der Waals surface area contributed by atoms with Gasteiger partial charge < -0.3 is 0 Å². The summed E-state index contributed by atoms with van der Waals surface area (Å²) in [5.74, 6) is 2.57. The Morgan fingerprint density at radius 1 is 1.18 bits per heavy atom. The molecule has 0 aliphatic carbocycles. The van der Waals surface area contributed by atoms with Crippen LogP contribution in [0.3, 0.4) is 0 Å². The number of hydrogen-bond acceptors (Lipinski definition) is 1. The highest BCUT2D eigenvalue weighted by Crippen LogP contribution is 2.18. The van der Waals surface area contributed by atoms with Crippen LogP contribution in [0.5, 0.6) is 0 Å². The molecule has 0 rings (SSSR count). The van der Waals surface area contributed by atoms with Crippen LogP contribution in [-0.4, -0.2) is 14.4 Å². The molecule has 0 N–H and O–H groups in total. The fourth-order valence-electron chi connectivity index (χ4n) is 1.20. The molecule has 0 aliphatic rings. The van der Waals surface area contributed by atoms with E-state index in [-0.39, 0.29) is 0 Å². The Morgan fingerprint density at radius 3 is 1.91 bits per heavy atom. The van der Waals surface area contributed by atoms with E-state index in [0.29, 0.717) is 6.29 Å². The van der Waals surface area contributed by atoms with Gasteiger partial charge >= 0.3 is 0 Å². The quantitative estimate of drug-likeness (QED) is 0.359. The van der Waals surface area contributed by atoms with E-state index in [1.807, 2.05) is 0 Å². The number of hydrogen-bond donors (Lipinski definition) is 0. The maximum atomic E-state index is 10.0. The average Bonchev–Trinajstić information content (AvgIpc) is 2.08. The van der Waals surface area contributed by atoms with Gasteiger partial charge in [0.05, 0.1) is 0 Å². The van der Waals surface area contributed by atoms with Crippen LogP contribution in [0, 0.1) is 11.5 Å². The smallest absolute Gasteiger partial charge is 0.192 e. The molecule has 0 spiro atoms. The largest absolute Gasteiger partial charge is 0.289 e. The van der Waals surface area contributed by atoms with Crippen molar-refractivity contribution in [2.75, 3.05) is 0 Å². The zero-order valence-corrected chi connectivity index (χ0v) is 8.61. The summed E-state index contributed by atoms with van der Waals surface area (Å²) >= 11 is 0. The molecular formula is C9H16OSi. The molecule has 62 valence electrons. The number of rotatable bonds is 3. The third-order valence-corrected chi connectivity index (χ3v) is 7.16. The van der Waals surface area contributed by atoms with Crippen molar-refractivity contribution < 1.29 is 4.79 Å². The minimum absolute atomic E-state index is 0.711. The van der Waals surface area contributed by atoms with Gasteiger partial charge in [-0.05, 0) is 24.1 Å². The third-order valence-electron chi connectivity index (χ3n) is 2.43. The van der Waals surface area contributed by atoms with Crippen molar-refractivity contribution >= 4 is 14.4 Å². The molecule has 0 heterocycles. The van der Waals surface area contributed by atoms with Crippen LogP contribution in [0.2, 0.25) is 18.1 Å². The highest BCUT2D eigenvalue weighted by molar-refractivity contribution is 6.87. The Labute approximate surface area is 70.2 Å². The predicted molar refractivity (Wildman–Crippen MR) is 51.0 cm³/mol. The molecule has 1 nitrogen and oxygen atoms in total. The molecule has 0 bridgehead atoms. The van der Waals surface area contributed by atoms with Gasteiger partial charge in [-0.2, -0.15) is 0 Å². The Bertz CT molecular complexity index is 163. The molecule has 0 atom stereocenters. The van der Waals surface area contributed by atoms with Crippen LogP contribution in [0.1, 0.15) is 20.8 Å². The van der Waals surface area contributed by atoms with Gasteiger partial charge in [0.2, 0.25) is 0 Å². The fraction of sp³-hybridized carbons (Fsp3) is 0.667. The standard InChI is InChI=1S/C9H16OSi/c1-4-11(5-2,6-3)9-7-8-10/h8H,4-6H2,1-3H3. The first kappa shape index (κ1) is 10.4. The van der Waals surface area contributed by atoms with Crippen molar-refractivity contribution in [2.24, 2.45) is 0 Å².